The molecule has 0 bridgehead atoms. The lowest BCUT2D eigenvalue weighted by atomic mass is 10.2. The number of sulfone groups is 1. The highest BCUT2D eigenvalue weighted by molar-refractivity contribution is 7.90. The van der Waals surface area contributed by atoms with Gasteiger partial charge in [-0.05, 0) is 30.3 Å². The predicted octanol–water partition coefficient (Wildman–Crippen LogP) is 2.80. The summed E-state index contributed by atoms with van der Waals surface area (Å²) in [6, 6.07) is 11.0. The van der Waals surface area contributed by atoms with Crippen molar-refractivity contribution in [3.63, 3.8) is 0 Å². The van der Waals surface area contributed by atoms with Crippen molar-refractivity contribution in [1.82, 2.24) is 0 Å². The van der Waals surface area contributed by atoms with Gasteiger partial charge in [-0.25, -0.2) is 8.42 Å². The molecule has 150 valence electrons. The zero-order valence-corrected chi connectivity index (χ0v) is 15.8. The molecule has 2 N–H and O–H groups in total. The highest BCUT2D eigenvalue weighted by Gasteiger charge is 2.23. The van der Waals surface area contributed by atoms with E-state index in [2.05, 4.69) is 0 Å². The Kier molecular flexibility index (Phi) is 5.24. The number of ether oxygens (including phenoxy) is 2. The molecule has 1 heterocycles. The monoisotopic (exact) mass is 417 g/mol. The number of benzene rings is 2. The molecule has 0 fully saturated rings. The van der Waals surface area contributed by atoms with Crippen molar-refractivity contribution in [2.24, 2.45) is 0 Å². The summed E-state index contributed by atoms with van der Waals surface area (Å²) in [5.74, 6) is 0.262. The summed E-state index contributed by atoms with van der Waals surface area (Å²) < 4.78 is 34.6. The van der Waals surface area contributed by atoms with Crippen LogP contribution in [0, 0.1) is 15.3 Å². The number of hydrogen-bond acceptors (Lipinski definition) is 8. The molecule has 0 saturated heterocycles. The number of anilines is 1. The van der Waals surface area contributed by atoms with Crippen LogP contribution in [0.25, 0.3) is 0 Å². The normalized spacial score (nSPS) is 11.1. The maximum absolute atomic E-state index is 11.5. The molecule has 10 nitrogen and oxygen atoms in total. The molecule has 3 aromatic rings. The standard InChI is InChI=1S/C18H15N3O7S/c1-29(25,26)15-6-4-12(5-7-15)27-14-9-16(19)18(21(23)24)17(10-14)28-13-3-2-8-20(22)11-13/h2-11H,19H2,1H3. The Bertz CT molecular complexity index is 1180. The number of pyridine rings is 1. The molecule has 0 unspecified atom stereocenters. The van der Waals surface area contributed by atoms with Crippen molar-refractivity contribution in [3.05, 3.63) is 76.2 Å². The second-order valence-electron chi connectivity index (χ2n) is 5.96. The molecule has 1 aromatic heterocycles. The maximum Gasteiger partial charge on any atom is 0.334 e. The van der Waals surface area contributed by atoms with Gasteiger partial charge in [0.2, 0.25) is 11.9 Å². The molecule has 0 radical (unpaired) electrons. The fraction of sp³-hybridized carbons (Fsp3) is 0.0556. The van der Waals surface area contributed by atoms with Crippen molar-refractivity contribution >= 4 is 21.2 Å². The lowest BCUT2D eigenvalue weighted by Gasteiger charge is -2.11. The van der Waals surface area contributed by atoms with Gasteiger partial charge in [0, 0.05) is 24.5 Å². The predicted molar refractivity (Wildman–Crippen MR) is 103 cm³/mol. The van der Waals surface area contributed by atoms with Gasteiger partial charge < -0.3 is 20.4 Å². The van der Waals surface area contributed by atoms with Crippen LogP contribution in [0.5, 0.6) is 23.0 Å². The van der Waals surface area contributed by atoms with Crippen molar-refractivity contribution in [2.45, 2.75) is 4.90 Å². The quantitative estimate of drug-likeness (QED) is 0.211. The van der Waals surface area contributed by atoms with Gasteiger partial charge in [0.1, 0.15) is 17.2 Å². The van der Waals surface area contributed by atoms with Crippen molar-refractivity contribution in [3.8, 4) is 23.0 Å². The number of nitrogen functional groups attached to an aromatic ring is 1. The molecule has 0 atom stereocenters. The van der Waals surface area contributed by atoms with E-state index < -0.39 is 20.4 Å². The maximum atomic E-state index is 11.5. The van der Waals surface area contributed by atoms with Gasteiger partial charge in [-0.15, -0.1) is 0 Å². The van der Waals surface area contributed by atoms with Gasteiger partial charge in [-0.3, -0.25) is 10.1 Å². The molecule has 0 amide bonds. The van der Waals surface area contributed by atoms with Crippen molar-refractivity contribution in [1.29, 1.82) is 0 Å². The summed E-state index contributed by atoms with van der Waals surface area (Å²) >= 11 is 0. The van der Waals surface area contributed by atoms with E-state index in [0.29, 0.717) is 4.73 Å². The van der Waals surface area contributed by atoms with E-state index >= 15 is 0 Å². The van der Waals surface area contributed by atoms with E-state index in [0.717, 1.165) is 12.5 Å². The van der Waals surface area contributed by atoms with Crippen LogP contribution in [-0.4, -0.2) is 19.6 Å². The first-order valence-electron chi connectivity index (χ1n) is 8.06. The highest BCUT2D eigenvalue weighted by Crippen LogP contribution is 2.40. The van der Waals surface area contributed by atoms with Crippen LogP contribution in [0.1, 0.15) is 0 Å². The van der Waals surface area contributed by atoms with Crippen LogP contribution in [0.15, 0.2) is 65.8 Å². The van der Waals surface area contributed by atoms with Crippen molar-refractivity contribution < 1.29 is 27.5 Å². The number of hydrogen-bond donors (Lipinski definition) is 1. The molecule has 3 rings (SSSR count). The van der Waals surface area contributed by atoms with E-state index in [1.165, 1.54) is 54.7 Å². The summed E-state index contributed by atoms with van der Waals surface area (Å²) in [5, 5.41) is 22.8. The highest BCUT2D eigenvalue weighted by atomic mass is 32.2. The molecule has 11 heteroatoms. The van der Waals surface area contributed by atoms with Crippen LogP contribution in [0.2, 0.25) is 0 Å². The number of aromatic nitrogens is 1. The second kappa shape index (κ2) is 7.64. The molecular formula is C18H15N3O7S. The third kappa shape index (κ3) is 4.71. The zero-order valence-electron chi connectivity index (χ0n) is 15.0. The van der Waals surface area contributed by atoms with Gasteiger partial charge in [0.15, 0.2) is 21.8 Å². The van der Waals surface area contributed by atoms with Crippen LogP contribution in [-0.2, 0) is 9.84 Å². The fourth-order valence-electron chi connectivity index (χ4n) is 2.45. The van der Waals surface area contributed by atoms with Gasteiger partial charge >= 0.3 is 5.69 Å². The zero-order chi connectivity index (χ0) is 21.2. The van der Waals surface area contributed by atoms with Crippen LogP contribution in [0.4, 0.5) is 11.4 Å². The topological polar surface area (TPSA) is 149 Å². The Hall–Kier alpha value is -3.86. The summed E-state index contributed by atoms with van der Waals surface area (Å²) in [5.41, 5.74) is 5.11. The Balaban J connectivity index is 1.96. The molecule has 0 spiro atoms. The molecule has 0 aliphatic carbocycles. The molecular weight excluding hydrogens is 402 g/mol. The first-order valence-corrected chi connectivity index (χ1v) is 9.95. The Morgan fingerprint density at radius 2 is 1.72 bits per heavy atom. The van der Waals surface area contributed by atoms with Gasteiger partial charge in [-0.2, -0.15) is 4.73 Å². The third-order valence-corrected chi connectivity index (χ3v) is 4.85. The van der Waals surface area contributed by atoms with Gasteiger partial charge in [0.25, 0.3) is 0 Å². The molecule has 2 aromatic carbocycles. The third-order valence-electron chi connectivity index (χ3n) is 3.72. The van der Waals surface area contributed by atoms with Gasteiger partial charge in [0.05, 0.1) is 9.82 Å². The smallest absolute Gasteiger partial charge is 0.334 e. The Morgan fingerprint density at radius 1 is 1.03 bits per heavy atom. The first kappa shape index (κ1) is 19.9. The number of nitrogens with zero attached hydrogens (tertiary/aromatic N) is 2. The van der Waals surface area contributed by atoms with E-state index in [9.17, 15) is 23.7 Å². The Labute approximate surface area is 165 Å². The van der Waals surface area contributed by atoms with E-state index in [1.54, 1.807) is 0 Å². The average Bonchev–Trinajstić information content (AvgIpc) is 2.60. The SMILES string of the molecule is CS(=O)(=O)c1ccc(Oc2cc(N)c([N+](=O)[O-])c(Oc3ccc[n+]([O-])c3)c2)cc1. The van der Waals surface area contributed by atoms with E-state index in [1.807, 2.05) is 0 Å². The van der Waals surface area contributed by atoms with Crippen LogP contribution < -0.4 is 19.9 Å². The number of nitrogens with two attached hydrogens (primary N) is 1. The summed E-state index contributed by atoms with van der Waals surface area (Å²) in [7, 11) is -3.36. The molecule has 0 aliphatic rings. The molecule has 0 aliphatic heterocycles. The van der Waals surface area contributed by atoms with Gasteiger partial charge in [-0.1, -0.05) is 0 Å². The number of nitro groups is 1. The van der Waals surface area contributed by atoms with Crippen molar-refractivity contribution in [2.75, 3.05) is 12.0 Å². The molecule has 0 saturated carbocycles. The van der Waals surface area contributed by atoms with E-state index in [-0.39, 0.29) is 33.6 Å². The molecule has 29 heavy (non-hydrogen) atoms. The second-order valence-corrected chi connectivity index (χ2v) is 7.98. The Morgan fingerprint density at radius 3 is 2.31 bits per heavy atom. The summed E-state index contributed by atoms with van der Waals surface area (Å²) in [6.07, 6.45) is 3.41. The first-order chi connectivity index (χ1) is 13.6. The minimum absolute atomic E-state index is 0.0691. The largest absolute Gasteiger partial charge is 0.619 e. The number of nitro benzene ring substituents is 1. The minimum Gasteiger partial charge on any atom is -0.619 e. The lowest BCUT2D eigenvalue weighted by Crippen LogP contribution is -2.23. The summed E-state index contributed by atoms with van der Waals surface area (Å²) in [4.78, 5) is 10.8. The van der Waals surface area contributed by atoms with E-state index in [4.69, 9.17) is 15.2 Å². The summed E-state index contributed by atoms with van der Waals surface area (Å²) in [6.45, 7) is 0. The lowest BCUT2D eigenvalue weighted by molar-refractivity contribution is -0.605. The number of rotatable bonds is 6. The van der Waals surface area contributed by atoms with Crippen LogP contribution in [0.3, 0.4) is 0 Å². The minimum atomic E-state index is -3.36. The fourth-order valence-corrected chi connectivity index (χ4v) is 3.08. The van der Waals surface area contributed by atoms with Crippen LogP contribution >= 0.6 is 0 Å². The average molecular weight is 417 g/mol.